The third-order valence-corrected chi connectivity index (χ3v) is 5.86. The molecule has 1 N–H and O–H groups in total. The second-order valence-corrected chi connectivity index (χ2v) is 8.04. The molecule has 2 aromatic rings. The number of amides is 1. The lowest BCUT2D eigenvalue weighted by Gasteiger charge is -2.21. The van der Waals surface area contributed by atoms with Crippen molar-refractivity contribution in [2.75, 3.05) is 26.7 Å². The number of pyridine rings is 1. The topological polar surface area (TPSA) is 86.6 Å². The minimum Gasteiger partial charge on any atom is -0.478 e. The molecule has 27 heavy (non-hydrogen) atoms. The highest BCUT2D eigenvalue weighted by molar-refractivity contribution is 7.09. The van der Waals surface area contributed by atoms with Crippen molar-refractivity contribution in [3.8, 4) is 0 Å². The van der Waals surface area contributed by atoms with Gasteiger partial charge in [-0.15, -0.1) is 11.3 Å². The number of thiazole rings is 1. The smallest absolute Gasteiger partial charge is 0.337 e. The second-order valence-electron chi connectivity index (χ2n) is 7.10. The summed E-state index contributed by atoms with van der Waals surface area (Å²) in [4.78, 5) is 37.7. The van der Waals surface area contributed by atoms with Gasteiger partial charge in [0, 0.05) is 31.1 Å². The van der Waals surface area contributed by atoms with Crippen LogP contribution in [0, 0.1) is 19.8 Å². The van der Waals surface area contributed by atoms with E-state index in [1.807, 2.05) is 17.3 Å². The number of carboxylic acid groups (broad SMARTS) is 1. The molecular weight excluding hydrogens is 364 g/mol. The van der Waals surface area contributed by atoms with Gasteiger partial charge in [-0.25, -0.2) is 14.8 Å². The summed E-state index contributed by atoms with van der Waals surface area (Å²) in [6.07, 6.45) is 0.962. The molecule has 1 unspecified atom stereocenters. The molecule has 7 nitrogen and oxygen atoms in total. The van der Waals surface area contributed by atoms with Gasteiger partial charge in [-0.05, 0) is 45.4 Å². The molecule has 8 heteroatoms. The number of nitrogens with zero attached hydrogens (tertiary/aromatic N) is 4. The van der Waals surface area contributed by atoms with Crippen LogP contribution < -0.4 is 0 Å². The first kappa shape index (κ1) is 19.4. The molecule has 0 saturated carbocycles. The summed E-state index contributed by atoms with van der Waals surface area (Å²) in [7, 11) is 2.10. The van der Waals surface area contributed by atoms with E-state index in [-0.39, 0.29) is 11.5 Å². The fourth-order valence-electron chi connectivity index (χ4n) is 3.46. The van der Waals surface area contributed by atoms with Gasteiger partial charge < -0.3 is 14.9 Å². The van der Waals surface area contributed by atoms with Crippen LogP contribution in [-0.4, -0.2) is 63.4 Å². The Bertz CT molecular complexity index is 851. The van der Waals surface area contributed by atoms with E-state index in [4.69, 9.17) is 5.11 Å². The average molecular weight is 388 g/mol. The summed E-state index contributed by atoms with van der Waals surface area (Å²) >= 11 is 1.68. The predicted octanol–water partition coefficient (Wildman–Crippen LogP) is 2.45. The number of carbonyl (C=O) groups excluding carboxylic acids is 1. The van der Waals surface area contributed by atoms with Gasteiger partial charge in [-0.3, -0.25) is 4.79 Å². The fraction of sp³-hybridized carbons (Fsp3) is 0.474. The Morgan fingerprint density at radius 3 is 2.74 bits per heavy atom. The zero-order chi connectivity index (χ0) is 19.6. The highest BCUT2D eigenvalue weighted by Crippen LogP contribution is 2.21. The highest BCUT2D eigenvalue weighted by atomic mass is 32.1. The summed E-state index contributed by atoms with van der Waals surface area (Å²) in [5, 5.41) is 9.09. The number of carbonyl (C=O) groups is 2. The van der Waals surface area contributed by atoms with Crippen LogP contribution in [0.3, 0.4) is 0 Å². The normalized spacial score (nSPS) is 16.9. The van der Waals surface area contributed by atoms with E-state index in [0.717, 1.165) is 25.2 Å². The highest BCUT2D eigenvalue weighted by Gasteiger charge is 2.28. The van der Waals surface area contributed by atoms with E-state index in [1.165, 1.54) is 17.0 Å². The summed E-state index contributed by atoms with van der Waals surface area (Å²) in [5.41, 5.74) is 3.77. The van der Waals surface area contributed by atoms with Crippen molar-refractivity contribution in [3.63, 3.8) is 0 Å². The van der Waals surface area contributed by atoms with E-state index in [2.05, 4.69) is 21.9 Å². The maximum Gasteiger partial charge on any atom is 0.337 e. The molecule has 0 aromatic carbocycles. The molecule has 1 amide bonds. The Morgan fingerprint density at radius 1 is 1.33 bits per heavy atom. The summed E-state index contributed by atoms with van der Waals surface area (Å²) in [6.45, 7) is 6.85. The zero-order valence-electron chi connectivity index (χ0n) is 15.8. The number of hydrogen-bond acceptors (Lipinski definition) is 6. The summed E-state index contributed by atoms with van der Waals surface area (Å²) in [5.74, 6) is -0.732. The lowest BCUT2D eigenvalue weighted by molar-refractivity contribution is 0.0692. The van der Waals surface area contributed by atoms with Gasteiger partial charge in [-0.1, -0.05) is 0 Å². The molecule has 1 atom stereocenters. The standard InChI is InChI=1S/C19H24N4O3S/c1-12-15(19(25)26)4-5-16(21-12)18(24)23-7-6-14(9-23)8-22(3)10-17-13(2)20-11-27-17/h4-5,11,14H,6-10H2,1-3H3,(H,25,26). The molecule has 0 radical (unpaired) electrons. The van der Waals surface area contributed by atoms with Crippen molar-refractivity contribution in [1.29, 1.82) is 0 Å². The molecule has 1 saturated heterocycles. The molecule has 0 spiro atoms. The molecule has 0 bridgehead atoms. The number of likely N-dealkylation sites (tertiary alicyclic amines) is 1. The maximum atomic E-state index is 12.7. The van der Waals surface area contributed by atoms with Gasteiger partial charge in [0.05, 0.1) is 22.5 Å². The molecule has 3 heterocycles. The molecule has 144 valence electrons. The molecule has 2 aromatic heterocycles. The van der Waals surface area contributed by atoms with E-state index in [9.17, 15) is 9.59 Å². The minimum absolute atomic E-state index is 0.126. The average Bonchev–Trinajstić information content (AvgIpc) is 3.23. The summed E-state index contributed by atoms with van der Waals surface area (Å²) in [6, 6.07) is 2.96. The van der Waals surface area contributed by atoms with Crippen LogP contribution in [-0.2, 0) is 6.54 Å². The minimum atomic E-state index is -1.03. The van der Waals surface area contributed by atoms with Gasteiger partial charge in [0.2, 0.25) is 0 Å². The van der Waals surface area contributed by atoms with Crippen LogP contribution in [0.1, 0.15) is 43.5 Å². The van der Waals surface area contributed by atoms with E-state index in [0.29, 0.717) is 30.4 Å². The van der Waals surface area contributed by atoms with Crippen LogP contribution in [0.4, 0.5) is 0 Å². The Labute approximate surface area is 162 Å². The van der Waals surface area contributed by atoms with Gasteiger partial charge in [0.15, 0.2) is 0 Å². The molecule has 3 rings (SSSR count). The molecular formula is C19H24N4O3S. The zero-order valence-corrected chi connectivity index (χ0v) is 16.6. The van der Waals surface area contributed by atoms with Crippen molar-refractivity contribution in [2.24, 2.45) is 5.92 Å². The Hall–Kier alpha value is -2.32. The van der Waals surface area contributed by atoms with Gasteiger partial charge in [-0.2, -0.15) is 0 Å². The number of aryl methyl sites for hydroxylation is 2. The van der Waals surface area contributed by atoms with Gasteiger partial charge in [0.25, 0.3) is 5.91 Å². The quantitative estimate of drug-likeness (QED) is 0.818. The first-order chi connectivity index (χ1) is 12.8. The second kappa shape index (κ2) is 8.14. The molecule has 1 fully saturated rings. The molecule has 0 aliphatic carbocycles. The Balaban J connectivity index is 1.57. The third-order valence-electron chi connectivity index (χ3n) is 4.94. The lowest BCUT2D eigenvalue weighted by atomic mass is 10.1. The molecule has 1 aliphatic rings. The number of rotatable bonds is 6. The SMILES string of the molecule is Cc1nc(C(=O)N2CCC(CN(C)Cc3scnc3C)C2)ccc1C(=O)O. The van der Waals surface area contributed by atoms with Crippen molar-refractivity contribution in [3.05, 3.63) is 45.2 Å². The van der Waals surface area contributed by atoms with Crippen molar-refractivity contribution < 1.29 is 14.7 Å². The van der Waals surface area contributed by atoms with Crippen molar-refractivity contribution >= 4 is 23.2 Å². The van der Waals surface area contributed by atoms with E-state index in [1.54, 1.807) is 18.3 Å². The van der Waals surface area contributed by atoms with Gasteiger partial charge >= 0.3 is 5.97 Å². The maximum absolute atomic E-state index is 12.7. The number of carboxylic acids is 1. The molecule has 1 aliphatic heterocycles. The summed E-state index contributed by atoms with van der Waals surface area (Å²) < 4.78 is 0. The monoisotopic (exact) mass is 388 g/mol. The van der Waals surface area contributed by atoms with E-state index < -0.39 is 5.97 Å². The third kappa shape index (κ3) is 4.51. The fourth-order valence-corrected chi connectivity index (χ4v) is 4.32. The Kier molecular flexibility index (Phi) is 5.86. The van der Waals surface area contributed by atoms with Crippen LogP contribution >= 0.6 is 11.3 Å². The Morgan fingerprint density at radius 2 is 2.11 bits per heavy atom. The number of aromatic carboxylic acids is 1. The first-order valence-electron chi connectivity index (χ1n) is 8.93. The van der Waals surface area contributed by atoms with Crippen molar-refractivity contribution in [1.82, 2.24) is 19.8 Å². The van der Waals surface area contributed by atoms with Crippen LogP contribution in [0.2, 0.25) is 0 Å². The number of hydrogen-bond donors (Lipinski definition) is 1. The predicted molar refractivity (Wildman–Crippen MR) is 103 cm³/mol. The van der Waals surface area contributed by atoms with Crippen LogP contribution in [0.15, 0.2) is 17.6 Å². The van der Waals surface area contributed by atoms with Crippen molar-refractivity contribution in [2.45, 2.75) is 26.8 Å². The first-order valence-corrected chi connectivity index (χ1v) is 9.81. The number of aromatic nitrogens is 2. The van der Waals surface area contributed by atoms with Gasteiger partial charge in [0.1, 0.15) is 5.69 Å². The largest absolute Gasteiger partial charge is 0.478 e. The lowest BCUT2D eigenvalue weighted by Crippen LogP contribution is -2.32. The van der Waals surface area contributed by atoms with Crippen LogP contribution in [0.5, 0.6) is 0 Å². The van der Waals surface area contributed by atoms with E-state index >= 15 is 0 Å². The van der Waals surface area contributed by atoms with Crippen LogP contribution in [0.25, 0.3) is 0 Å².